The molecule has 0 aromatic carbocycles. The molecule has 0 aromatic rings. The molecule has 0 aromatic heterocycles. The summed E-state index contributed by atoms with van der Waals surface area (Å²) < 4.78 is 0. The van der Waals surface area contributed by atoms with Crippen LogP contribution in [0.1, 0.15) is 48.5 Å². The molecule has 0 heterocycles. The highest BCUT2D eigenvalue weighted by molar-refractivity contribution is 6.59. The smallest absolute Gasteiger partial charge is 0.0859 e. The molecule has 0 unspecified atom stereocenters. The minimum Gasteiger partial charge on any atom is -0.0859 e. The van der Waals surface area contributed by atoms with Crippen molar-refractivity contribution in [3.05, 3.63) is 0 Å². The van der Waals surface area contributed by atoms with Crippen LogP contribution in [0.15, 0.2) is 0 Å². The van der Waals surface area contributed by atoms with Crippen molar-refractivity contribution in [2.45, 2.75) is 67.4 Å². The van der Waals surface area contributed by atoms with Crippen molar-refractivity contribution in [1.82, 2.24) is 0 Å². The first kappa shape index (κ1) is 17.2. The molecule has 0 atom stereocenters. The average Bonchev–Trinajstić information content (AvgIpc) is 1.95. The second-order valence-corrected chi connectivity index (χ2v) is 3.52. The molecule has 11 heavy (non-hydrogen) atoms. The van der Waals surface area contributed by atoms with Gasteiger partial charge in [-0.2, -0.15) is 0 Å². The van der Waals surface area contributed by atoms with Crippen LogP contribution in [0, 0.1) is 0 Å². The van der Waals surface area contributed by atoms with Crippen molar-refractivity contribution in [2.75, 3.05) is 0 Å². The Morgan fingerprint density at radius 2 is 0.818 bits per heavy atom. The van der Waals surface area contributed by atoms with Crippen LogP contribution < -0.4 is 0 Å². The molecular weight excluding hydrogens is 131 g/mol. The molecule has 0 spiro atoms. The van der Waals surface area contributed by atoms with Crippen LogP contribution in [0.5, 0.6) is 0 Å². The van der Waals surface area contributed by atoms with Gasteiger partial charge < -0.3 is 0 Å². The Hall–Kier alpha value is 0.0649. The molecule has 0 nitrogen and oxygen atoms in total. The normalized spacial score (nSPS) is 8.45. The summed E-state index contributed by atoms with van der Waals surface area (Å²) in [5.74, 6) is 0. The third-order valence-electron chi connectivity index (χ3n) is 1.73. The van der Waals surface area contributed by atoms with E-state index in [2.05, 4.69) is 34.4 Å². The molecular formula is C10H27B. The van der Waals surface area contributed by atoms with Crippen molar-refractivity contribution in [2.24, 2.45) is 0 Å². The van der Waals surface area contributed by atoms with E-state index >= 15 is 0 Å². The van der Waals surface area contributed by atoms with E-state index in [9.17, 15) is 0 Å². The van der Waals surface area contributed by atoms with Gasteiger partial charge in [0.2, 0.25) is 0 Å². The molecule has 0 saturated carbocycles. The van der Waals surface area contributed by atoms with E-state index in [0.29, 0.717) is 5.31 Å². The predicted octanol–water partition coefficient (Wildman–Crippen LogP) is 4.59. The van der Waals surface area contributed by atoms with E-state index in [1.807, 2.05) is 27.7 Å². The molecule has 70 valence electrons. The molecule has 0 amide bonds. The second kappa shape index (κ2) is 10.1. The molecule has 0 aliphatic carbocycles. The maximum atomic E-state index is 2.26. The van der Waals surface area contributed by atoms with Crippen molar-refractivity contribution >= 4 is 6.71 Å². The van der Waals surface area contributed by atoms with E-state index in [0.717, 1.165) is 6.71 Å². The lowest BCUT2D eigenvalue weighted by Crippen LogP contribution is -2.16. The van der Waals surface area contributed by atoms with Crippen LogP contribution in [0.4, 0.5) is 0 Å². The fourth-order valence-corrected chi connectivity index (χ4v) is 0. The third kappa shape index (κ3) is 17.8. The van der Waals surface area contributed by atoms with Gasteiger partial charge in [0.15, 0.2) is 0 Å². The number of rotatable bonds is 0. The standard InChI is InChI=1S/C6H15B.2C2H6/c1-6(2,3)7(4)5;2*1-2/h1-5H3;2*1-2H3. The summed E-state index contributed by atoms with van der Waals surface area (Å²) in [4.78, 5) is 0. The Labute approximate surface area is 74.9 Å². The molecule has 0 saturated heterocycles. The predicted molar refractivity (Wildman–Crippen MR) is 59.9 cm³/mol. The summed E-state index contributed by atoms with van der Waals surface area (Å²) in [6.07, 6.45) is 0. The summed E-state index contributed by atoms with van der Waals surface area (Å²) in [6, 6.07) is 0. The summed E-state index contributed by atoms with van der Waals surface area (Å²) in [6.45, 7) is 20.1. The average molecular weight is 158 g/mol. The Morgan fingerprint density at radius 1 is 0.727 bits per heavy atom. The van der Waals surface area contributed by atoms with Crippen LogP contribution in [-0.2, 0) is 0 Å². The monoisotopic (exact) mass is 158 g/mol. The van der Waals surface area contributed by atoms with E-state index in [4.69, 9.17) is 0 Å². The topological polar surface area (TPSA) is 0 Å². The Balaban J connectivity index is -0.000000138. The van der Waals surface area contributed by atoms with E-state index in [1.165, 1.54) is 0 Å². The fraction of sp³-hybridized carbons (Fsp3) is 1.00. The molecule has 0 N–H and O–H groups in total. The molecule has 1 heteroatoms. The zero-order valence-corrected chi connectivity index (χ0v) is 10.1. The first-order valence-corrected chi connectivity index (χ1v) is 4.94. The lowest BCUT2D eigenvalue weighted by Gasteiger charge is -2.19. The summed E-state index contributed by atoms with van der Waals surface area (Å²) >= 11 is 0. The van der Waals surface area contributed by atoms with Gasteiger partial charge in [-0.05, 0) is 0 Å². The first-order chi connectivity index (χ1) is 4.94. The van der Waals surface area contributed by atoms with Crippen molar-refractivity contribution < 1.29 is 0 Å². The number of hydrogen-bond donors (Lipinski definition) is 0. The first-order valence-electron chi connectivity index (χ1n) is 4.94. The van der Waals surface area contributed by atoms with Gasteiger partial charge in [0.25, 0.3) is 0 Å². The van der Waals surface area contributed by atoms with Crippen LogP contribution >= 0.6 is 0 Å². The van der Waals surface area contributed by atoms with Gasteiger partial charge in [-0.25, -0.2) is 0 Å². The van der Waals surface area contributed by atoms with Crippen LogP contribution in [0.2, 0.25) is 19.0 Å². The fourth-order valence-electron chi connectivity index (χ4n) is 0. The highest BCUT2D eigenvalue weighted by Crippen LogP contribution is 2.25. The SMILES string of the molecule is CB(C)C(C)(C)C.CC.CC. The van der Waals surface area contributed by atoms with E-state index < -0.39 is 0 Å². The second-order valence-electron chi connectivity index (χ2n) is 3.52. The lowest BCUT2D eigenvalue weighted by molar-refractivity contribution is 0.742. The van der Waals surface area contributed by atoms with Gasteiger partial charge >= 0.3 is 0 Å². The van der Waals surface area contributed by atoms with Gasteiger partial charge in [0.05, 0.1) is 0 Å². The van der Waals surface area contributed by atoms with Gasteiger partial charge in [-0.3, -0.25) is 0 Å². The summed E-state index contributed by atoms with van der Waals surface area (Å²) in [5, 5.41) is 0.500. The van der Waals surface area contributed by atoms with Crippen LogP contribution in [0.3, 0.4) is 0 Å². The minimum atomic E-state index is 0.500. The highest BCUT2D eigenvalue weighted by Gasteiger charge is 2.17. The highest BCUT2D eigenvalue weighted by atomic mass is 14.0. The quantitative estimate of drug-likeness (QED) is 0.452. The molecule has 0 radical (unpaired) electrons. The van der Waals surface area contributed by atoms with Crippen LogP contribution in [0.25, 0.3) is 0 Å². The molecule has 0 aliphatic heterocycles. The molecule has 0 aliphatic rings. The minimum absolute atomic E-state index is 0.500. The Morgan fingerprint density at radius 3 is 0.818 bits per heavy atom. The lowest BCUT2D eigenvalue weighted by atomic mass is 9.38. The molecule has 0 fully saturated rings. The Kier molecular flexibility index (Phi) is 15.8. The van der Waals surface area contributed by atoms with Gasteiger partial charge in [0, 0.05) is 0 Å². The largest absolute Gasteiger partial charge is 0.139 e. The van der Waals surface area contributed by atoms with Gasteiger partial charge in [-0.15, -0.1) is 0 Å². The van der Waals surface area contributed by atoms with E-state index in [-0.39, 0.29) is 0 Å². The van der Waals surface area contributed by atoms with E-state index in [1.54, 1.807) is 0 Å². The van der Waals surface area contributed by atoms with Gasteiger partial charge in [0.1, 0.15) is 6.71 Å². The zero-order valence-electron chi connectivity index (χ0n) is 10.1. The van der Waals surface area contributed by atoms with Crippen molar-refractivity contribution in [3.63, 3.8) is 0 Å². The Bertz CT molecular complexity index is 50.4. The zero-order chi connectivity index (χ0) is 10.1. The third-order valence-corrected chi connectivity index (χ3v) is 1.73. The van der Waals surface area contributed by atoms with Gasteiger partial charge in [-0.1, -0.05) is 67.4 Å². The number of hydrogen-bond acceptors (Lipinski definition) is 0. The van der Waals surface area contributed by atoms with Crippen molar-refractivity contribution in [1.29, 1.82) is 0 Å². The summed E-state index contributed by atoms with van der Waals surface area (Å²) in [7, 11) is 0. The maximum absolute atomic E-state index is 2.26. The van der Waals surface area contributed by atoms with Crippen LogP contribution in [-0.4, -0.2) is 6.71 Å². The molecule has 0 rings (SSSR count). The van der Waals surface area contributed by atoms with Crippen molar-refractivity contribution in [3.8, 4) is 0 Å². The molecule has 0 bridgehead atoms. The maximum Gasteiger partial charge on any atom is 0.139 e. The summed E-state index contributed by atoms with van der Waals surface area (Å²) in [5.41, 5.74) is 0.